The first kappa shape index (κ1) is 19.1. The van der Waals surface area contributed by atoms with E-state index < -0.39 is 0 Å². The topological polar surface area (TPSA) is 20.2 Å². The summed E-state index contributed by atoms with van der Waals surface area (Å²) < 4.78 is 0. The van der Waals surface area contributed by atoms with Gasteiger partial charge >= 0.3 is 0 Å². The lowest BCUT2D eigenvalue weighted by molar-refractivity contribution is 0.457. The van der Waals surface area contributed by atoms with Crippen LogP contribution in [0.1, 0.15) is 95.2 Å². The molecule has 0 atom stereocenters. The van der Waals surface area contributed by atoms with Gasteiger partial charge in [0, 0.05) is 0 Å². The highest BCUT2D eigenvalue weighted by molar-refractivity contribution is 5.44. The molecule has 1 nitrogen and oxygen atoms in total. The lowest BCUT2D eigenvalue weighted by atomic mass is 9.94. The Labute approximate surface area is 138 Å². The second kappa shape index (κ2) is 11.6. The molecule has 22 heavy (non-hydrogen) atoms. The van der Waals surface area contributed by atoms with Gasteiger partial charge in [0.05, 0.1) is 0 Å². The molecule has 0 unspecified atom stereocenters. The molecule has 126 valence electrons. The van der Waals surface area contributed by atoms with Gasteiger partial charge in [-0.2, -0.15) is 0 Å². The van der Waals surface area contributed by atoms with Crippen LogP contribution in [0.15, 0.2) is 12.1 Å². The quantitative estimate of drug-likeness (QED) is 0.432. The molecule has 0 amide bonds. The molecule has 0 radical (unpaired) electrons. The Morgan fingerprint density at radius 1 is 0.636 bits per heavy atom. The molecule has 0 aliphatic heterocycles. The standard InChI is InChI=1S/C21H36O/c1-4-7-10-13-18-16-19(14-11-8-5-2)21(22)20(17-18)15-12-9-6-3/h16-17,22H,4-15H2,1-3H3. The number of unbranched alkanes of at least 4 members (excludes halogenated alkanes) is 6. The van der Waals surface area contributed by atoms with Crippen LogP contribution in [-0.4, -0.2) is 5.11 Å². The third-order valence-corrected chi connectivity index (χ3v) is 4.50. The molecule has 1 rings (SSSR count). The second-order valence-corrected chi connectivity index (χ2v) is 6.63. The van der Waals surface area contributed by atoms with Crippen molar-refractivity contribution in [2.75, 3.05) is 0 Å². The van der Waals surface area contributed by atoms with Crippen LogP contribution in [-0.2, 0) is 19.3 Å². The Kier molecular flexibility index (Phi) is 10.0. The molecule has 1 N–H and O–H groups in total. The zero-order valence-electron chi connectivity index (χ0n) is 15.1. The van der Waals surface area contributed by atoms with Crippen LogP contribution < -0.4 is 0 Å². The number of hydrogen-bond donors (Lipinski definition) is 1. The van der Waals surface area contributed by atoms with E-state index in [4.69, 9.17) is 0 Å². The van der Waals surface area contributed by atoms with Crippen LogP contribution in [0.25, 0.3) is 0 Å². The summed E-state index contributed by atoms with van der Waals surface area (Å²) >= 11 is 0. The van der Waals surface area contributed by atoms with Gasteiger partial charge in [-0.05, 0) is 55.2 Å². The van der Waals surface area contributed by atoms with Gasteiger partial charge in [-0.15, -0.1) is 0 Å². The van der Waals surface area contributed by atoms with Gasteiger partial charge in [-0.1, -0.05) is 71.4 Å². The summed E-state index contributed by atoms with van der Waals surface area (Å²) in [6, 6.07) is 4.54. The summed E-state index contributed by atoms with van der Waals surface area (Å²) in [5, 5.41) is 10.6. The van der Waals surface area contributed by atoms with Gasteiger partial charge in [0.25, 0.3) is 0 Å². The molecule has 0 aliphatic rings. The summed E-state index contributed by atoms with van der Waals surface area (Å²) in [5.41, 5.74) is 3.81. The van der Waals surface area contributed by atoms with Crippen molar-refractivity contribution in [2.45, 2.75) is 97.8 Å². The molecule has 1 aromatic rings. The summed E-state index contributed by atoms with van der Waals surface area (Å²) in [4.78, 5) is 0. The largest absolute Gasteiger partial charge is 0.507 e. The molecule has 1 aromatic carbocycles. The smallest absolute Gasteiger partial charge is 0.121 e. The number of rotatable bonds is 12. The molecular weight excluding hydrogens is 268 g/mol. The van der Waals surface area contributed by atoms with Crippen molar-refractivity contribution in [1.82, 2.24) is 0 Å². The fraction of sp³-hybridized carbons (Fsp3) is 0.714. The van der Waals surface area contributed by atoms with E-state index in [0.29, 0.717) is 5.75 Å². The highest BCUT2D eigenvalue weighted by Crippen LogP contribution is 2.29. The summed E-state index contributed by atoms with van der Waals surface area (Å²) in [7, 11) is 0. The van der Waals surface area contributed by atoms with Crippen LogP contribution in [0.3, 0.4) is 0 Å². The van der Waals surface area contributed by atoms with Crippen LogP contribution >= 0.6 is 0 Å². The number of aromatic hydroxyl groups is 1. The normalized spacial score (nSPS) is 11.0. The maximum absolute atomic E-state index is 10.6. The molecule has 0 aromatic heterocycles. The Hall–Kier alpha value is -0.980. The number of phenolic OH excluding ortho intramolecular Hbond substituents is 1. The predicted molar refractivity (Wildman–Crippen MR) is 97.8 cm³/mol. The Bertz CT molecular complexity index is 377. The number of phenols is 1. The first-order valence-electron chi connectivity index (χ1n) is 9.56. The van der Waals surface area contributed by atoms with E-state index in [-0.39, 0.29) is 0 Å². The average molecular weight is 305 g/mol. The fourth-order valence-electron chi connectivity index (χ4n) is 3.07. The van der Waals surface area contributed by atoms with E-state index in [1.807, 2.05) is 0 Å². The summed E-state index contributed by atoms with van der Waals surface area (Å²) in [6.07, 6.45) is 14.4. The van der Waals surface area contributed by atoms with Gasteiger partial charge in [0.1, 0.15) is 5.75 Å². The molecule has 0 heterocycles. The van der Waals surface area contributed by atoms with Gasteiger partial charge in [-0.25, -0.2) is 0 Å². The minimum Gasteiger partial charge on any atom is -0.507 e. The Morgan fingerprint density at radius 3 is 1.45 bits per heavy atom. The Morgan fingerprint density at radius 2 is 1.05 bits per heavy atom. The third kappa shape index (κ3) is 6.85. The van der Waals surface area contributed by atoms with Crippen molar-refractivity contribution in [1.29, 1.82) is 0 Å². The SMILES string of the molecule is CCCCCc1cc(CCCCC)c(O)c(CCCCC)c1. The van der Waals surface area contributed by atoms with Gasteiger partial charge in [0.2, 0.25) is 0 Å². The first-order valence-corrected chi connectivity index (χ1v) is 9.56. The van der Waals surface area contributed by atoms with Gasteiger partial charge in [0.15, 0.2) is 0 Å². The van der Waals surface area contributed by atoms with Crippen molar-refractivity contribution >= 4 is 0 Å². The zero-order valence-corrected chi connectivity index (χ0v) is 15.1. The molecule has 0 aliphatic carbocycles. The van der Waals surface area contributed by atoms with Crippen molar-refractivity contribution < 1.29 is 5.11 Å². The minimum absolute atomic E-state index is 0.589. The highest BCUT2D eigenvalue weighted by atomic mass is 16.3. The van der Waals surface area contributed by atoms with Crippen molar-refractivity contribution in [3.05, 3.63) is 28.8 Å². The van der Waals surface area contributed by atoms with Crippen molar-refractivity contribution in [3.8, 4) is 5.75 Å². The van der Waals surface area contributed by atoms with Crippen LogP contribution in [0.4, 0.5) is 0 Å². The predicted octanol–water partition coefficient (Wildman–Crippen LogP) is 6.59. The number of benzene rings is 1. The fourth-order valence-corrected chi connectivity index (χ4v) is 3.07. The first-order chi connectivity index (χ1) is 10.7. The van der Waals surface area contributed by atoms with E-state index in [1.54, 1.807) is 0 Å². The summed E-state index contributed by atoms with van der Waals surface area (Å²) in [6.45, 7) is 6.72. The molecule has 0 saturated carbocycles. The van der Waals surface area contributed by atoms with E-state index in [9.17, 15) is 5.11 Å². The molecule has 0 bridgehead atoms. The molecular formula is C21H36O. The molecule has 1 heteroatoms. The highest BCUT2D eigenvalue weighted by Gasteiger charge is 2.10. The summed E-state index contributed by atoms with van der Waals surface area (Å²) in [5.74, 6) is 0.589. The second-order valence-electron chi connectivity index (χ2n) is 6.63. The van der Waals surface area contributed by atoms with Crippen LogP contribution in [0.5, 0.6) is 5.75 Å². The van der Waals surface area contributed by atoms with Gasteiger partial charge in [-0.3, -0.25) is 0 Å². The monoisotopic (exact) mass is 304 g/mol. The van der Waals surface area contributed by atoms with E-state index in [0.717, 1.165) is 19.3 Å². The maximum Gasteiger partial charge on any atom is 0.121 e. The lowest BCUT2D eigenvalue weighted by Crippen LogP contribution is -1.97. The van der Waals surface area contributed by atoms with Gasteiger partial charge < -0.3 is 5.11 Å². The van der Waals surface area contributed by atoms with E-state index >= 15 is 0 Å². The lowest BCUT2D eigenvalue weighted by Gasteiger charge is -2.13. The zero-order chi connectivity index (χ0) is 16.2. The molecule has 0 saturated heterocycles. The number of hydrogen-bond acceptors (Lipinski definition) is 1. The molecule has 0 spiro atoms. The average Bonchev–Trinajstić information content (AvgIpc) is 2.52. The van der Waals surface area contributed by atoms with Crippen LogP contribution in [0.2, 0.25) is 0 Å². The van der Waals surface area contributed by atoms with E-state index in [1.165, 1.54) is 74.5 Å². The van der Waals surface area contributed by atoms with Crippen LogP contribution in [0, 0.1) is 0 Å². The molecule has 0 fully saturated rings. The Balaban J connectivity index is 2.81. The third-order valence-electron chi connectivity index (χ3n) is 4.50. The van der Waals surface area contributed by atoms with E-state index in [2.05, 4.69) is 32.9 Å². The number of aryl methyl sites for hydroxylation is 3. The van der Waals surface area contributed by atoms with Crippen molar-refractivity contribution in [3.63, 3.8) is 0 Å². The maximum atomic E-state index is 10.6. The minimum atomic E-state index is 0.589. The van der Waals surface area contributed by atoms with Crippen molar-refractivity contribution in [2.24, 2.45) is 0 Å².